The highest BCUT2D eigenvalue weighted by molar-refractivity contribution is 7.98. The summed E-state index contributed by atoms with van der Waals surface area (Å²) in [6.07, 6.45) is 3.41. The molecule has 0 atom stereocenters. The van der Waals surface area contributed by atoms with Crippen molar-refractivity contribution >= 4 is 35.0 Å². The molecule has 0 aromatic heterocycles. The number of benzene rings is 2. The van der Waals surface area contributed by atoms with Crippen molar-refractivity contribution in [2.75, 3.05) is 31.2 Å². The standard InChI is InChI=1S/C22H24N4O2S/c1-29-18-9-5-8-17(14-18)23-19(27)15-26-12-10-22(11-13-26)24-20(21(28)25-22)16-6-3-2-4-7-16/h2-9,14H,10-13,15H2,1H3,(H,23,27)(H,25,28). The summed E-state index contributed by atoms with van der Waals surface area (Å²) in [6, 6.07) is 17.4. The van der Waals surface area contributed by atoms with E-state index in [-0.39, 0.29) is 11.8 Å². The Balaban J connectivity index is 1.34. The topological polar surface area (TPSA) is 73.8 Å². The molecule has 0 bridgehead atoms. The van der Waals surface area contributed by atoms with Gasteiger partial charge in [0.05, 0.1) is 6.54 Å². The van der Waals surface area contributed by atoms with Crippen LogP contribution in [0.2, 0.25) is 0 Å². The van der Waals surface area contributed by atoms with Crippen LogP contribution in [0.25, 0.3) is 0 Å². The molecule has 1 saturated heterocycles. The average molecular weight is 409 g/mol. The zero-order chi connectivity index (χ0) is 20.3. The van der Waals surface area contributed by atoms with Crippen LogP contribution in [0.1, 0.15) is 18.4 Å². The number of thioether (sulfide) groups is 1. The SMILES string of the molecule is CSc1cccc(NC(=O)CN2CCC3(CC2)N=C(c2ccccc2)C(=O)N3)c1. The Labute approximate surface area is 174 Å². The number of hydrogen-bond donors (Lipinski definition) is 2. The Kier molecular flexibility index (Phi) is 5.69. The second-order valence-electron chi connectivity index (χ2n) is 7.37. The maximum absolute atomic E-state index is 12.4. The molecule has 29 heavy (non-hydrogen) atoms. The van der Waals surface area contributed by atoms with Gasteiger partial charge in [-0.2, -0.15) is 0 Å². The second kappa shape index (κ2) is 8.39. The van der Waals surface area contributed by atoms with Gasteiger partial charge in [0.1, 0.15) is 11.4 Å². The second-order valence-corrected chi connectivity index (χ2v) is 8.25. The van der Waals surface area contributed by atoms with Crippen molar-refractivity contribution in [1.82, 2.24) is 10.2 Å². The van der Waals surface area contributed by atoms with E-state index in [1.807, 2.05) is 60.9 Å². The summed E-state index contributed by atoms with van der Waals surface area (Å²) >= 11 is 1.65. The number of amides is 2. The fourth-order valence-electron chi connectivity index (χ4n) is 3.78. The van der Waals surface area contributed by atoms with E-state index in [1.165, 1.54) is 0 Å². The van der Waals surface area contributed by atoms with Gasteiger partial charge in [0.2, 0.25) is 5.91 Å². The van der Waals surface area contributed by atoms with Gasteiger partial charge in [-0.25, -0.2) is 0 Å². The predicted molar refractivity (Wildman–Crippen MR) is 116 cm³/mol. The number of piperidine rings is 1. The number of carbonyl (C=O) groups excluding carboxylic acids is 2. The van der Waals surface area contributed by atoms with E-state index in [0.29, 0.717) is 38.2 Å². The molecule has 0 aliphatic carbocycles. The molecule has 2 aliphatic heterocycles. The molecule has 2 amide bonds. The highest BCUT2D eigenvalue weighted by Crippen LogP contribution is 2.28. The van der Waals surface area contributed by atoms with Gasteiger partial charge in [-0.3, -0.25) is 19.5 Å². The first-order valence-electron chi connectivity index (χ1n) is 9.71. The summed E-state index contributed by atoms with van der Waals surface area (Å²) in [5.41, 5.74) is 1.62. The smallest absolute Gasteiger partial charge is 0.272 e. The molecule has 2 aromatic rings. The Morgan fingerprint density at radius 3 is 2.66 bits per heavy atom. The number of hydrogen-bond acceptors (Lipinski definition) is 5. The maximum atomic E-state index is 12.4. The molecule has 0 radical (unpaired) electrons. The third-order valence-electron chi connectivity index (χ3n) is 5.34. The van der Waals surface area contributed by atoms with Gasteiger partial charge in [-0.15, -0.1) is 11.8 Å². The lowest BCUT2D eigenvalue weighted by molar-refractivity contribution is -0.119. The average Bonchev–Trinajstić information content (AvgIpc) is 3.06. The van der Waals surface area contributed by atoms with E-state index in [9.17, 15) is 9.59 Å². The number of anilines is 1. The van der Waals surface area contributed by atoms with Crippen molar-refractivity contribution in [3.8, 4) is 0 Å². The molecule has 7 heteroatoms. The summed E-state index contributed by atoms with van der Waals surface area (Å²) in [4.78, 5) is 32.9. The van der Waals surface area contributed by atoms with Gasteiger partial charge >= 0.3 is 0 Å². The first-order chi connectivity index (χ1) is 14.1. The van der Waals surface area contributed by atoms with Gasteiger partial charge in [0.25, 0.3) is 5.91 Å². The van der Waals surface area contributed by atoms with E-state index >= 15 is 0 Å². The first kappa shape index (κ1) is 19.7. The molecule has 4 rings (SSSR count). The van der Waals surface area contributed by atoms with Crippen LogP contribution in [0.3, 0.4) is 0 Å². The lowest BCUT2D eigenvalue weighted by atomic mass is 9.98. The van der Waals surface area contributed by atoms with E-state index in [2.05, 4.69) is 15.5 Å². The number of nitrogens with zero attached hydrogens (tertiary/aromatic N) is 2. The Morgan fingerprint density at radius 1 is 1.17 bits per heavy atom. The summed E-state index contributed by atoms with van der Waals surface area (Å²) in [7, 11) is 0. The van der Waals surface area contributed by atoms with E-state index in [1.54, 1.807) is 11.8 Å². The third-order valence-corrected chi connectivity index (χ3v) is 6.06. The quantitative estimate of drug-likeness (QED) is 0.746. The molecule has 0 unspecified atom stereocenters. The van der Waals surface area contributed by atoms with Crippen LogP contribution in [0.5, 0.6) is 0 Å². The fraction of sp³-hybridized carbons (Fsp3) is 0.318. The van der Waals surface area contributed by atoms with Crippen molar-refractivity contribution in [2.24, 2.45) is 4.99 Å². The summed E-state index contributed by atoms with van der Waals surface area (Å²) in [5.74, 6) is -0.140. The zero-order valence-electron chi connectivity index (χ0n) is 16.4. The number of rotatable bonds is 5. The molecular weight excluding hydrogens is 384 g/mol. The van der Waals surface area contributed by atoms with Crippen LogP contribution in [0.15, 0.2) is 64.5 Å². The van der Waals surface area contributed by atoms with Crippen LogP contribution in [0.4, 0.5) is 5.69 Å². The van der Waals surface area contributed by atoms with Gasteiger partial charge in [0, 0.05) is 42.1 Å². The Morgan fingerprint density at radius 2 is 1.93 bits per heavy atom. The van der Waals surface area contributed by atoms with Crippen LogP contribution < -0.4 is 10.6 Å². The Bertz CT molecular complexity index is 937. The molecular formula is C22H24N4O2S. The van der Waals surface area contributed by atoms with Crippen molar-refractivity contribution < 1.29 is 9.59 Å². The normalized spacial score (nSPS) is 18.4. The molecule has 6 nitrogen and oxygen atoms in total. The number of nitrogens with one attached hydrogen (secondary N) is 2. The largest absolute Gasteiger partial charge is 0.326 e. The van der Waals surface area contributed by atoms with E-state index in [0.717, 1.165) is 16.1 Å². The summed E-state index contributed by atoms with van der Waals surface area (Å²) in [5, 5.41) is 6.04. The van der Waals surface area contributed by atoms with Crippen LogP contribution >= 0.6 is 11.8 Å². The van der Waals surface area contributed by atoms with Crippen molar-refractivity contribution in [2.45, 2.75) is 23.4 Å². The van der Waals surface area contributed by atoms with E-state index < -0.39 is 5.66 Å². The van der Waals surface area contributed by atoms with Gasteiger partial charge in [0.15, 0.2) is 0 Å². The van der Waals surface area contributed by atoms with Crippen molar-refractivity contribution in [3.63, 3.8) is 0 Å². The molecule has 2 N–H and O–H groups in total. The Hall–Kier alpha value is -2.64. The lowest BCUT2D eigenvalue weighted by Crippen LogP contribution is -2.52. The molecule has 0 saturated carbocycles. The molecule has 1 fully saturated rings. The number of aliphatic imine (C=N–C) groups is 1. The monoisotopic (exact) mass is 408 g/mol. The van der Waals surface area contributed by atoms with Crippen LogP contribution in [0, 0.1) is 0 Å². The lowest BCUT2D eigenvalue weighted by Gasteiger charge is -2.36. The molecule has 150 valence electrons. The predicted octanol–water partition coefficient (Wildman–Crippen LogP) is 2.76. The highest BCUT2D eigenvalue weighted by atomic mass is 32.2. The van der Waals surface area contributed by atoms with Gasteiger partial charge < -0.3 is 10.6 Å². The zero-order valence-corrected chi connectivity index (χ0v) is 17.2. The van der Waals surface area contributed by atoms with Crippen LogP contribution in [-0.4, -0.2) is 54.0 Å². The minimum Gasteiger partial charge on any atom is -0.326 e. The molecule has 2 aromatic carbocycles. The van der Waals surface area contributed by atoms with Crippen molar-refractivity contribution in [1.29, 1.82) is 0 Å². The third kappa shape index (κ3) is 4.52. The number of likely N-dealkylation sites (tertiary alicyclic amines) is 1. The number of carbonyl (C=O) groups is 2. The molecule has 1 spiro atoms. The first-order valence-corrected chi connectivity index (χ1v) is 10.9. The maximum Gasteiger partial charge on any atom is 0.272 e. The van der Waals surface area contributed by atoms with E-state index in [4.69, 9.17) is 4.99 Å². The van der Waals surface area contributed by atoms with Gasteiger partial charge in [-0.1, -0.05) is 36.4 Å². The summed E-state index contributed by atoms with van der Waals surface area (Å²) in [6.45, 7) is 1.76. The summed E-state index contributed by atoms with van der Waals surface area (Å²) < 4.78 is 0. The fourth-order valence-corrected chi connectivity index (χ4v) is 4.24. The minimum atomic E-state index is -0.540. The molecule has 2 aliphatic rings. The van der Waals surface area contributed by atoms with Crippen LogP contribution in [-0.2, 0) is 9.59 Å². The van der Waals surface area contributed by atoms with Crippen molar-refractivity contribution in [3.05, 3.63) is 60.2 Å². The van der Waals surface area contributed by atoms with Gasteiger partial charge in [-0.05, 0) is 24.5 Å². The molecule has 2 heterocycles. The highest BCUT2D eigenvalue weighted by Gasteiger charge is 2.42. The minimum absolute atomic E-state index is 0.0249.